The molecule has 3 N–H and O–H groups in total. The minimum Gasteiger partial charge on any atom is -0.496 e. The molecule has 1 unspecified atom stereocenters. The Kier molecular flexibility index (Phi) is 3.31. The minimum atomic E-state index is -0.564. The monoisotopic (exact) mass is 223 g/mol. The fourth-order valence-electron chi connectivity index (χ4n) is 2.08. The van der Waals surface area contributed by atoms with Crippen LogP contribution < -0.4 is 15.2 Å². The third-order valence-electron chi connectivity index (χ3n) is 2.86. The van der Waals surface area contributed by atoms with Gasteiger partial charge in [0.05, 0.1) is 19.8 Å². The molecule has 0 saturated carbocycles. The second-order valence-corrected chi connectivity index (χ2v) is 3.86. The molecule has 0 aliphatic carbocycles. The first-order chi connectivity index (χ1) is 7.77. The highest BCUT2D eigenvalue weighted by Crippen LogP contribution is 2.39. The van der Waals surface area contributed by atoms with Gasteiger partial charge in [-0.2, -0.15) is 0 Å². The van der Waals surface area contributed by atoms with Gasteiger partial charge in [0.25, 0.3) is 0 Å². The van der Waals surface area contributed by atoms with Crippen LogP contribution in [-0.4, -0.2) is 25.4 Å². The van der Waals surface area contributed by atoms with Crippen molar-refractivity contribution in [2.24, 2.45) is 5.73 Å². The van der Waals surface area contributed by atoms with Crippen LogP contribution in [0.15, 0.2) is 12.1 Å². The van der Waals surface area contributed by atoms with Crippen molar-refractivity contribution in [3.8, 4) is 11.5 Å². The second-order valence-electron chi connectivity index (χ2n) is 3.86. The van der Waals surface area contributed by atoms with E-state index >= 15 is 0 Å². The van der Waals surface area contributed by atoms with Gasteiger partial charge in [-0.15, -0.1) is 0 Å². The number of nitrogens with two attached hydrogens (primary N) is 1. The third kappa shape index (κ3) is 1.86. The Morgan fingerprint density at radius 3 is 3.06 bits per heavy atom. The molecule has 1 aromatic carbocycles. The van der Waals surface area contributed by atoms with E-state index in [1.54, 1.807) is 7.11 Å². The first-order valence-corrected chi connectivity index (χ1v) is 5.48. The molecule has 0 fully saturated rings. The quantitative estimate of drug-likeness (QED) is 0.799. The molecular weight excluding hydrogens is 206 g/mol. The largest absolute Gasteiger partial charge is 0.496 e. The average molecular weight is 223 g/mol. The van der Waals surface area contributed by atoms with Crippen LogP contribution in [0.2, 0.25) is 0 Å². The molecule has 1 aliphatic heterocycles. The van der Waals surface area contributed by atoms with Gasteiger partial charge in [-0.3, -0.25) is 0 Å². The molecule has 1 heterocycles. The molecule has 0 aromatic heterocycles. The first kappa shape index (κ1) is 11.2. The maximum absolute atomic E-state index is 9.96. The standard InChI is InChI=1S/C12H17NO3/c1-15-12-8(10(14)4-6-13)2-3-11-9(12)5-7-16-11/h2-3,10,14H,4-7,13H2,1H3. The van der Waals surface area contributed by atoms with Gasteiger partial charge in [-0.05, 0) is 25.1 Å². The van der Waals surface area contributed by atoms with Gasteiger partial charge in [0, 0.05) is 17.5 Å². The molecule has 16 heavy (non-hydrogen) atoms. The Morgan fingerprint density at radius 2 is 2.38 bits per heavy atom. The van der Waals surface area contributed by atoms with Crippen molar-refractivity contribution >= 4 is 0 Å². The van der Waals surface area contributed by atoms with Gasteiger partial charge in [0.2, 0.25) is 0 Å². The number of fused-ring (bicyclic) bond motifs is 1. The van der Waals surface area contributed by atoms with E-state index in [0.29, 0.717) is 19.6 Å². The number of ether oxygens (including phenoxy) is 2. The Morgan fingerprint density at radius 1 is 1.56 bits per heavy atom. The molecule has 1 aromatic rings. The van der Waals surface area contributed by atoms with E-state index in [4.69, 9.17) is 15.2 Å². The van der Waals surface area contributed by atoms with E-state index in [0.717, 1.165) is 29.0 Å². The Balaban J connectivity index is 2.38. The zero-order chi connectivity index (χ0) is 11.5. The molecule has 4 heteroatoms. The molecule has 1 aliphatic rings. The summed E-state index contributed by atoms with van der Waals surface area (Å²) in [6.07, 6.45) is 0.809. The van der Waals surface area contributed by atoms with Gasteiger partial charge < -0.3 is 20.3 Å². The highest BCUT2D eigenvalue weighted by molar-refractivity contribution is 5.52. The van der Waals surface area contributed by atoms with Crippen LogP contribution in [-0.2, 0) is 6.42 Å². The summed E-state index contributed by atoms with van der Waals surface area (Å²) in [4.78, 5) is 0. The van der Waals surface area contributed by atoms with Crippen LogP contribution in [0.3, 0.4) is 0 Å². The van der Waals surface area contributed by atoms with Crippen molar-refractivity contribution in [2.75, 3.05) is 20.3 Å². The minimum absolute atomic E-state index is 0.456. The lowest BCUT2D eigenvalue weighted by Gasteiger charge is -2.16. The lowest BCUT2D eigenvalue weighted by atomic mass is 10.0. The number of rotatable bonds is 4. The maximum Gasteiger partial charge on any atom is 0.131 e. The van der Waals surface area contributed by atoms with Crippen LogP contribution in [0.25, 0.3) is 0 Å². The molecule has 0 saturated heterocycles. The smallest absolute Gasteiger partial charge is 0.131 e. The van der Waals surface area contributed by atoms with Crippen LogP contribution in [0, 0.1) is 0 Å². The summed E-state index contributed by atoms with van der Waals surface area (Å²) in [5.74, 6) is 1.61. The number of aliphatic hydroxyl groups excluding tert-OH is 1. The molecule has 0 amide bonds. The molecule has 88 valence electrons. The normalized spacial score (nSPS) is 15.4. The highest BCUT2D eigenvalue weighted by Gasteiger charge is 2.22. The van der Waals surface area contributed by atoms with E-state index in [1.807, 2.05) is 12.1 Å². The van der Waals surface area contributed by atoms with Gasteiger partial charge in [0.1, 0.15) is 11.5 Å². The van der Waals surface area contributed by atoms with Crippen molar-refractivity contribution in [3.63, 3.8) is 0 Å². The summed E-state index contributed by atoms with van der Waals surface area (Å²) < 4.78 is 10.8. The van der Waals surface area contributed by atoms with E-state index in [2.05, 4.69) is 0 Å². The van der Waals surface area contributed by atoms with Crippen LogP contribution in [0.4, 0.5) is 0 Å². The van der Waals surface area contributed by atoms with Gasteiger partial charge >= 0.3 is 0 Å². The summed E-state index contributed by atoms with van der Waals surface area (Å²) in [6.45, 7) is 1.14. The van der Waals surface area contributed by atoms with Crippen molar-refractivity contribution in [2.45, 2.75) is 18.9 Å². The van der Waals surface area contributed by atoms with E-state index in [-0.39, 0.29) is 0 Å². The lowest BCUT2D eigenvalue weighted by molar-refractivity contribution is 0.166. The predicted molar refractivity (Wildman–Crippen MR) is 60.8 cm³/mol. The zero-order valence-electron chi connectivity index (χ0n) is 9.40. The number of hydrogen-bond acceptors (Lipinski definition) is 4. The Hall–Kier alpha value is -1.26. The molecule has 0 bridgehead atoms. The van der Waals surface area contributed by atoms with Gasteiger partial charge in [-0.25, -0.2) is 0 Å². The summed E-state index contributed by atoms with van der Waals surface area (Å²) in [5, 5.41) is 9.96. The average Bonchev–Trinajstić information content (AvgIpc) is 2.75. The molecule has 2 rings (SSSR count). The van der Waals surface area contributed by atoms with Crippen molar-refractivity contribution in [1.82, 2.24) is 0 Å². The molecule has 4 nitrogen and oxygen atoms in total. The van der Waals surface area contributed by atoms with Gasteiger partial charge in [-0.1, -0.05) is 0 Å². The maximum atomic E-state index is 9.96. The van der Waals surface area contributed by atoms with Crippen molar-refractivity contribution in [3.05, 3.63) is 23.3 Å². The zero-order valence-corrected chi connectivity index (χ0v) is 9.40. The summed E-state index contributed by atoms with van der Waals surface area (Å²) >= 11 is 0. The topological polar surface area (TPSA) is 64.7 Å². The molecule has 0 radical (unpaired) electrons. The fraction of sp³-hybridized carbons (Fsp3) is 0.500. The lowest BCUT2D eigenvalue weighted by Crippen LogP contribution is -2.08. The van der Waals surface area contributed by atoms with Crippen LogP contribution in [0.5, 0.6) is 11.5 Å². The summed E-state index contributed by atoms with van der Waals surface area (Å²) in [7, 11) is 1.62. The summed E-state index contributed by atoms with van der Waals surface area (Å²) in [6, 6.07) is 3.74. The number of hydrogen-bond donors (Lipinski definition) is 2. The van der Waals surface area contributed by atoms with Crippen molar-refractivity contribution in [1.29, 1.82) is 0 Å². The fourth-order valence-corrected chi connectivity index (χ4v) is 2.08. The summed E-state index contributed by atoms with van der Waals surface area (Å²) in [5.41, 5.74) is 7.30. The Labute approximate surface area is 95.0 Å². The highest BCUT2D eigenvalue weighted by atomic mass is 16.5. The van der Waals surface area contributed by atoms with Gasteiger partial charge in [0.15, 0.2) is 0 Å². The van der Waals surface area contributed by atoms with Crippen molar-refractivity contribution < 1.29 is 14.6 Å². The SMILES string of the molecule is COc1c(C(O)CCN)ccc2c1CCO2. The second kappa shape index (κ2) is 4.72. The third-order valence-corrected chi connectivity index (χ3v) is 2.86. The van der Waals surface area contributed by atoms with Crippen LogP contribution >= 0.6 is 0 Å². The molecule has 0 spiro atoms. The molecular formula is C12H17NO3. The number of methoxy groups -OCH3 is 1. The van der Waals surface area contributed by atoms with E-state index < -0.39 is 6.10 Å². The van der Waals surface area contributed by atoms with Crippen LogP contribution in [0.1, 0.15) is 23.7 Å². The Bertz CT molecular complexity index is 379. The molecule has 1 atom stereocenters. The number of benzene rings is 1. The predicted octanol–water partition coefficient (Wildman–Crippen LogP) is 1.01. The number of aliphatic hydroxyl groups is 1. The van der Waals surface area contributed by atoms with E-state index in [9.17, 15) is 5.11 Å². The van der Waals surface area contributed by atoms with E-state index in [1.165, 1.54) is 0 Å². The first-order valence-electron chi connectivity index (χ1n) is 5.48.